The highest BCUT2D eigenvalue weighted by Gasteiger charge is 2.25. The van der Waals surface area contributed by atoms with Crippen LogP contribution in [0.5, 0.6) is 0 Å². The summed E-state index contributed by atoms with van der Waals surface area (Å²) in [5.74, 6) is -0.335. The molecular formula is C52H98NO7P. The first-order valence-electron chi connectivity index (χ1n) is 25.6. The topological polar surface area (TPSA) is 117 Å². The minimum atomic E-state index is -4.29. The van der Waals surface area contributed by atoms with Crippen molar-refractivity contribution >= 4 is 13.8 Å². The summed E-state index contributed by atoms with van der Waals surface area (Å²) in [4.78, 5) is 22.6. The van der Waals surface area contributed by atoms with Crippen LogP contribution in [-0.4, -0.2) is 49.9 Å². The van der Waals surface area contributed by atoms with Crippen LogP contribution in [0.3, 0.4) is 0 Å². The molecule has 0 fully saturated rings. The summed E-state index contributed by atoms with van der Waals surface area (Å²) in [6, 6.07) is 0. The van der Waals surface area contributed by atoms with Gasteiger partial charge in [0.25, 0.3) is 0 Å². The number of carbonyl (C=O) groups excluding carboxylic acids is 1. The van der Waals surface area contributed by atoms with Crippen LogP contribution in [0.25, 0.3) is 0 Å². The molecule has 0 amide bonds. The zero-order valence-electron chi connectivity index (χ0n) is 39.9. The van der Waals surface area contributed by atoms with Gasteiger partial charge in [-0.3, -0.25) is 13.8 Å². The molecule has 0 saturated heterocycles. The number of ether oxygens (including phenoxy) is 2. The summed E-state index contributed by atoms with van der Waals surface area (Å²) in [6.45, 7) is 4.92. The molecule has 0 radical (unpaired) electrons. The molecule has 358 valence electrons. The van der Waals surface area contributed by atoms with Crippen LogP contribution in [0.4, 0.5) is 0 Å². The van der Waals surface area contributed by atoms with Gasteiger partial charge in [0, 0.05) is 19.6 Å². The molecule has 0 saturated carbocycles. The van der Waals surface area contributed by atoms with E-state index in [1.165, 1.54) is 173 Å². The Morgan fingerprint density at radius 2 is 0.869 bits per heavy atom. The third-order valence-electron chi connectivity index (χ3n) is 11.0. The summed E-state index contributed by atoms with van der Waals surface area (Å²) in [7, 11) is -4.29. The van der Waals surface area contributed by atoms with Gasteiger partial charge in [-0.05, 0) is 77.0 Å². The highest BCUT2D eigenvalue weighted by atomic mass is 31.2. The second-order valence-electron chi connectivity index (χ2n) is 17.0. The molecule has 0 spiro atoms. The van der Waals surface area contributed by atoms with E-state index in [2.05, 4.69) is 62.5 Å². The molecule has 3 N–H and O–H groups in total. The number of hydrogen-bond acceptors (Lipinski definition) is 7. The number of phosphoric ester groups is 1. The maximum absolute atomic E-state index is 12.7. The minimum absolute atomic E-state index is 0.0979. The van der Waals surface area contributed by atoms with Gasteiger partial charge in [0.1, 0.15) is 6.10 Å². The maximum Gasteiger partial charge on any atom is 0.472 e. The number of allylic oxidation sites excluding steroid dienone is 8. The van der Waals surface area contributed by atoms with Gasteiger partial charge in [-0.15, -0.1) is 0 Å². The van der Waals surface area contributed by atoms with Crippen LogP contribution in [0, 0.1) is 0 Å². The Bertz CT molecular complexity index is 1080. The van der Waals surface area contributed by atoms with Gasteiger partial charge in [0.05, 0.1) is 19.8 Å². The Morgan fingerprint density at radius 1 is 0.492 bits per heavy atom. The number of hydrogen-bond donors (Lipinski definition) is 2. The highest BCUT2D eigenvalue weighted by Crippen LogP contribution is 2.43. The normalized spacial score (nSPS) is 13.7. The van der Waals surface area contributed by atoms with Crippen molar-refractivity contribution in [3.8, 4) is 0 Å². The second-order valence-corrected chi connectivity index (χ2v) is 18.5. The van der Waals surface area contributed by atoms with Gasteiger partial charge in [-0.1, -0.05) is 204 Å². The van der Waals surface area contributed by atoms with Crippen molar-refractivity contribution in [2.75, 3.05) is 33.0 Å². The maximum atomic E-state index is 12.7. The lowest BCUT2D eigenvalue weighted by atomic mass is 10.0. The van der Waals surface area contributed by atoms with Crippen molar-refractivity contribution in [3.05, 3.63) is 48.6 Å². The zero-order chi connectivity index (χ0) is 44.4. The highest BCUT2D eigenvalue weighted by molar-refractivity contribution is 7.47. The SMILES string of the molecule is CCCCCCC/C=C\C/C=C\C/C=C\CCCCCCCCCCCCC(=O)OC(COCCCCCCCC/C=C\CCCCCCCCC)COP(=O)(O)OCCN. The van der Waals surface area contributed by atoms with Crippen LogP contribution >= 0.6 is 7.82 Å². The monoisotopic (exact) mass is 880 g/mol. The summed E-state index contributed by atoms with van der Waals surface area (Å²) in [6.07, 6.45) is 60.0. The Balaban J connectivity index is 3.95. The molecule has 2 atom stereocenters. The van der Waals surface area contributed by atoms with Gasteiger partial charge in [-0.2, -0.15) is 0 Å². The van der Waals surface area contributed by atoms with E-state index in [4.69, 9.17) is 24.3 Å². The van der Waals surface area contributed by atoms with Crippen molar-refractivity contribution in [1.82, 2.24) is 0 Å². The summed E-state index contributed by atoms with van der Waals surface area (Å²) < 4.78 is 33.6. The van der Waals surface area contributed by atoms with Gasteiger partial charge in [0.2, 0.25) is 0 Å². The van der Waals surface area contributed by atoms with E-state index in [0.29, 0.717) is 13.0 Å². The van der Waals surface area contributed by atoms with Crippen LogP contribution in [0.2, 0.25) is 0 Å². The minimum Gasteiger partial charge on any atom is -0.457 e. The molecule has 0 aromatic carbocycles. The lowest BCUT2D eigenvalue weighted by Gasteiger charge is -2.20. The largest absolute Gasteiger partial charge is 0.472 e. The van der Waals surface area contributed by atoms with Crippen LogP contribution < -0.4 is 5.73 Å². The van der Waals surface area contributed by atoms with Crippen molar-refractivity contribution < 1.29 is 32.8 Å². The summed E-state index contributed by atoms with van der Waals surface area (Å²) >= 11 is 0. The average molecular weight is 880 g/mol. The lowest BCUT2D eigenvalue weighted by Crippen LogP contribution is -2.28. The Morgan fingerprint density at radius 3 is 1.31 bits per heavy atom. The first-order valence-corrected chi connectivity index (χ1v) is 27.1. The first-order chi connectivity index (χ1) is 29.9. The quantitative estimate of drug-likeness (QED) is 0.0269. The Kier molecular flexibility index (Phi) is 48.2. The number of carbonyl (C=O) groups is 1. The van der Waals surface area contributed by atoms with Gasteiger partial charge in [-0.25, -0.2) is 4.57 Å². The van der Waals surface area contributed by atoms with E-state index in [-0.39, 0.29) is 32.3 Å². The molecule has 0 aromatic heterocycles. The number of esters is 1. The van der Waals surface area contributed by atoms with Crippen molar-refractivity contribution in [2.24, 2.45) is 5.73 Å². The van der Waals surface area contributed by atoms with Crippen LogP contribution in [0.1, 0.15) is 239 Å². The predicted octanol–water partition coefficient (Wildman–Crippen LogP) is 15.9. The first kappa shape index (κ1) is 59.5. The lowest BCUT2D eigenvalue weighted by molar-refractivity contribution is -0.154. The van der Waals surface area contributed by atoms with E-state index >= 15 is 0 Å². The third kappa shape index (κ3) is 49.3. The van der Waals surface area contributed by atoms with Gasteiger partial charge >= 0.3 is 13.8 Å². The number of nitrogens with two attached hydrogens (primary N) is 1. The predicted molar refractivity (Wildman–Crippen MR) is 261 cm³/mol. The average Bonchev–Trinajstić information content (AvgIpc) is 3.25. The Labute approximate surface area is 377 Å². The molecular weight excluding hydrogens is 782 g/mol. The number of rotatable bonds is 49. The molecule has 0 aromatic rings. The molecule has 0 aliphatic heterocycles. The fourth-order valence-electron chi connectivity index (χ4n) is 7.18. The summed E-state index contributed by atoms with van der Waals surface area (Å²) in [5, 5.41) is 0. The van der Waals surface area contributed by atoms with E-state index < -0.39 is 13.9 Å². The third-order valence-corrected chi connectivity index (χ3v) is 12.0. The molecule has 8 nitrogen and oxygen atoms in total. The molecule has 0 bridgehead atoms. The van der Waals surface area contributed by atoms with Crippen LogP contribution in [0.15, 0.2) is 48.6 Å². The number of unbranched alkanes of at least 4 members (excludes halogenated alkanes) is 28. The smallest absolute Gasteiger partial charge is 0.457 e. The van der Waals surface area contributed by atoms with E-state index in [1.807, 2.05) is 0 Å². The van der Waals surface area contributed by atoms with Crippen LogP contribution in [-0.2, 0) is 27.9 Å². The van der Waals surface area contributed by atoms with Crippen molar-refractivity contribution in [3.63, 3.8) is 0 Å². The zero-order valence-corrected chi connectivity index (χ0v) is 40.8. The fraction of sp³-hybridized carbons (Fsp3) is 0.827. The molecule has 0 heterocycles. The van der Waals surface area contributed by atoms with Gasteiger partial charge in [0.15, 0.2) is 0 Å². The van der Waals surface area contributed by atoms with Crippen molar-refractivity contribution in [1.29, 1.82) is 0 Å². The molecule has 0 rings (SSSR count). The standard InChI is InChI=1S/C52H98NO7P/c1-3-5-7-9-11-13-15-17-19-21-22-23-24-25-26-27-28-29-31-33-35-37-39-41-43-45-52(54)60-51(50-59-61(55,56)58-48-46-53)49-57-47-44-42-40-38-36-34-32-30-20-18-16-14-12-10-8-6-4-2/h15,17,20-22,24-25,30,51H,3-14,16,18-19,23,26-29,31-50,53H2,1-2H3,(H,55,56)/b17-15-,22-21-,25-24-,30-20-. The van der Waals surface area contributed by atoms with E-state index in [0.717, 1.165) is 44.9 Å². The van der Waals surface area contributed by atoms with Crippen molar-refractivity contribution in [2.45, 2.75) is 245 Å². The van der Waals surface area contributed by atoms with E-state index in [9.17, 15) is 14.3 Å². The molecule has 0 aliphatic carbocycles. The number of phosphoric acid groups is 1. The van der Waals surface area contributed by atoms with Gasteiger partial charge < -0.3 is 20.1 Å². The molecule has 0 aliphatic rings. The molecule has 9 heteroatoms. The summed E-state index contributed by atoms with van der Waals surface area (Å²) in [5.41, 5.74) is 5.39. The fourth-order valence-corrected chi connectivity index (χ4v) is 7.94. The molecule has 61 heavy (non-hydrogen) atoms. The van der Waals surface area contributed by atoms with E-state index in [1.54, 1.807) is 0 Å². The second kappa shape index (κ2) is 49.5. The Hall–Kier alpha value is -1.54. The molecule has 2 unspecified atom stereocenters.